The summed E-state index contributed by atoms with van der Waals surface area (Å²) in [4.78, 5) is 22.0. The number of aryl methyl sites for hydroxylation is 2. The molecule has 24 heavy (non-hydrogen) atoms. The molecule has 0 N–H and O–H groups in total. The first-order valence-corrected chi connectivity index (χ1v) is 10.1. The molecule has 1 unspecified atom stereocenters. The maximum absolute atomic E-state index is 13.0. The Labute approximate surface area is 150 Å². The fourth-order valence-corrected chi connectivity index (χ4v) is 5.60. The van der Waals surface area contributed by atoms with Crippen LogP contribution in [0.15, 0.2) is 30.3 Å². The topological polar surface area (TPSA) is 33.2 Å². The lowest BCUT2D eigenvalue weighted by Crippen LogP contribution is -2.29. The molecular weight excluding hydrogens is 336 g/mol. The second kappa shape index (κ2) is 6.30. The Morgan fingerprint density at radius 3 is 2.92 bits per heavy atom. The number of para-hydroxylation sites is 1. The second-order valence-electron chi connectivity index (χ2n) is 6.22. The fourth-order valence-electron chi connectivity index (χ4n) is 3.42. The third-order valence-corrected chi connectivity index (χ3v) is 6.94. The smallest absolute Gasteiger partial charge is 0.264 e. The van der Waals surface area contributed by atoms with E-state index in [0.29, 0.717) is 0 Å². The molecule has 124 valence electrons. The highest BCUT2D eigenvalue weighted by Crippen LogP contribution is 2.38. The molecule has 1 aromatic carbocycles. The van der Waals surface area contributed by atoms with E-state index < -0.39 is 0 Å². The summed E-state index contributed by atoms with van der Waals surface area (Å²) in [5, 5.41) is 1.08. The number of benzene rings is 1. The van der Waals surface area contributed by atoms with Gasteiger partial charge < -0.3 is 4.90 Å². The summed E-state index contributed by atoms with van der Waals surface area (Å²) < 4.78 is 1.20. The minimum atomic E-state index is 0.127. The molecule has 1 amide bonds. The van der Waals surface area contributed by atoms with Crippen molar-refractivity contribution in [3.63, 3.8) is 0 Å². The fraction of sp³-hybridized carbons (Fsp3) is 0.368. The number of thiazole rings is 1. The number of likely N-dealkylation sites (tertiary alicyclic amines) is 1. The summed E-state index contributed by atoms with van der Waals surface area (Å²) in [7, 11) is 0. The zero-order valence-corrected chi connectivity index (χ0v) is 15.5. The van der Waals surface area contributed by atoms with E-state index in [9.17, 15) is 4.79 Å². The van der Waals surface area contributed by atoms with Crippen LogP contribution in [0.1, 0.15) is 50.9 Å². The van der Waals surface area contributed by atoms with E-state index in [-0.39, 0.29) is 11.9 Å². The number of aromatic nitrogens is 1. The molecule has 0 bridgehead atoms. The molecule has 0 spiro atoms. The van der Waals surface area contributed by atoms with Crippen LogP contribution in [-0.2, 0) is 6.42 Å². The normalized spacial score (nSPS) is 17.8. The van der Waals surface area contributed by atoms with E-state index >= 15 is 0 Å². The Morgan fingerprint density at radius 2 is 2.17 bits per heavy atom. The molecule has 0 aliphatic carbocycles. The second-order valence-corrected chi connectivity index (χ2v) is 8.54. The quantitative estimate of drug-likeness (QED) is 0.646. The number of rotatable bonds is 3. The van der Waals surface area contributed by atoms with Crippen molar-refractivity contribution in [2.45, 2.75) is 39.2 Å². The third-order valence-electron chi connectivity index (χ3n) is 4.72. The summed E-state index contributed by atoms with van der Waals surface area (Å²) in [5.74, 6) is 0.171. The number of nitrogens with zero attached hydrogens (tertiary/aromatic N) is 2. The first-order valence-electron chi connectivity index (χ1n) is 8.43. The van der Waals surface area contributed by atoms with Crippen LogP contribution in [0.5, 0.6) is 0 Å². The number of hydrogen-bond donors (Lipinski definition) is 0. The average Bonchev–Trinajstić information content (AvgIpc) is 3.30. The molecule has 4 rings (SSSR count). The van der Waals surface area contributed by atoms with Gasteiger partial charge in [-0.15, -0.1) is 22.7 Å². The summed E-state index contributed by atoms with van der Waals surface area (Å²) in [6, 6.07) is 10.4. The first-order chi connectivity index (χ1) is 11.7. The van der Waals surface area contributed by atoms with Gasteiger partial charge in [0.2, 0.25) is 0 Å². The lowest BCUT2D eigenvalue weighted by molar-refractivity contribution is 0.0740. The van der Waals surface area contributed by atoms with Gasteiger partial charge in [0.15, 0.2) is 0 Å². The van der Waals surface area contributed by atoms with E-state index in [2.05, 4.69) is 26.0 Å². The Hall–Kier alpha value is -1.72. The molecule has 0 saturated carbocycles. The summed E-state index contributed by atoms with van der Waals surface area (Å²) in [6.45, 7) is 5.08. The number of hydrogen-bond acceptors (Lipinski definition) is 4. The van der Waals surface area contributed by atoms with Gasteiger partial charge in [0.25, 0.3) is 5.91 Å². The molecule has 1 aliphatic heterocycles. The predicted molar refractivity (Wildman–Crippen MR) is 101 cm³/mol. The van der Waals surface area contributed by atoms with Crippen LogP contribution in [0.3, 0.4) is 0 Å². The van der Waals surface area contributed by atoms with Crippen molar-refractivity contribution in [2.24, 2.45) is 0 Å². The standard InChI is InChI=1S/C19H20N2OS2/c1-3-13-11-17(23-12(13)2)19(22)21-10-6-8-15(21)18-20-14-7-4-5-9-16(14)24-18/h4-5,7,9,11,15H,3,6,8,10H2,1-2H3. The van der Waals surface area contributed by atoms with Gasteiger partial charge in [-0.05, 0) is 49.9 Å². The van der Waals surface area contributed by atoms with Crippen LogP contribution in [0.25, 0.3) is 10.2 Å². The van der Waals surface area contributed by atoms with Gasteiger partial charge in [-0.1, -0.05) is 19.1 Å². The number of carbonyl (C=O) groups excluding carboxylic acids is 1. The lowest BCUT2D eigenvalue weighted by atomic mass is 10.2. The SMILES string of the molecule is CCc1cc(C(=O)N2CCCC2c2nc3ccccc3s2)sc1C. The maximum Gasteiger partial charge on any atom is 0.264 e. The number of amides is 1. The van der Waals surface area contributed by atoms with Crippen molar-refractivity contribution in [3.05, 3.63) is 50.7 Å². The number of thiophene rings is 1. The van der Waals surface area contributed by atoms with Gasteiger partial charge in [-0.25, -0.2) is 4.98 Å². The van der Waals surface area contributed by atoms with E-state index in [1.54, 1.807) is 22.7 Å². The minimum Gasteiger partial charge on any atom is -0.328 e. The van der Waals surface area contributed by atoms with Gasteiger partial charge >= 0.3 is 0 Å². The van der Waals surface area contributed by atoms with Crippen LogP contribution >= 0.6 is 22.7 Å². The monoisotopic (exact) mass is 356 g/mol. The van der Waals surface area contributed by atoms with Gasteiger partial charge in [0, 0.05) is 11.4 Å². The molecule has 2 aromatic heterocycles. The molecule has 1 fully saturated rings. The summed E-state index contributed by atoms with van der Waals surface area (Å²) in [6.07, 6.45) is 3.05. The highest BCUT2D eigenvalue weighted by Gasteiger charge is 2.33. The van der Waals surface area contributed by atoms with Crippen molar-refractivity contribution >= 4 is 38.8 Å². The first kappa shape index (κ1) is 15.8. The van der Waals surface area contributed by atoms with Crippen molar-refractivity contribution in [3.8, 4) is 0 Å². The Balaban J connectivity index is 1.65. The molecule has 1 atom stereocenters. The van der Waals surface area contributed by atoms with Crippen molar-refractivity contribution in [1.82, 2.24) is 9.88 Å². The van der Waals surface area contributed by atoms with E-state index in [1.807, 2.05) is 23.1 Å². The average molecular weight is 357 g/mol. The predicted octanol–water partition coefficient (Wildman–Crippen LogP) is 5.21. The van der Waals surface area contributed by atoms with Crippen molar-refractivity contribution < 1.29 is 4.79 Å². The largest absolute Gasteiger partial charge is 0.328 e. The highest BCUT2D eigenvalue weighted by atomic mass is 32.1. The molecule has 3 heterocycles. The van der Waals surface area contributed by atoms with E-state index in [1.165, 1.54) is 15.1 Å². The van der Waals surface area contributed by atoms with E-state index in [4.69, 9.17) is 4.98 Å². The third kappa shape index (κ3) is 2.66. The van der Waals surface area contributed by atoms with Gasteiger partial charge in [0.05, 0.1) is 21.1 Å². The number of fused-ring (bicyclic) bond motifs is 1. The molecule has 3 nitrogen and oxygen atoms in total. The highest BCUT2D eigenvalue weighted by molar-refractivity contribution is 7.18. The van der Waals surface area contributed by atoms with Crippen LogP contribution < -0.4 is 0 Å². The maximum atomic E-state index is 13.0. The van der Waals surface area contributed by atoms with Crippen LogP contribution in [0.4, 0.5) is 0 Å². The molecule has 1 aliphatic rings. The van der Waals surface area contributed by atoms with Gasteiger partial charge in [-0.2, -0.15) is 0 Å². The summed E-state index contributed by atoms with van der Waals surface area (Å²) in [5.41, 5.74) is 2.33. The Kier molecular flexibility index (Phi) is 4.14. The Bertz CT molecular complexity index is 863. The van der Waals surface area contributed by atoms with Gasteiger partial charge in [0.1, 0.15) is 5.01 Å². The van der Waals surface area contributed by atoms with Gasteiger partial charge in [-0.3, -0.25) is 4.79 Å². The summed E-state index contributed by atoms with van der Waals surface area (Å²) >= 11 is 3.35. The zero-order chi connectivity index (χ0) is 16.7. The van der Waals surface area contributed by atoms with Crippen LogP contribution in [0, 0.1) is 6.92 Å². The molecule has 5 heteroatoms. The molecule has 3 aromatic rings. The molecule has 1 saturated heterocycles. The van der Waals surface area contributed by atoms with Crippen LogP contribution in [-0.4, -0.2) is 22.3 Å². The van der Waals surface area contributed by atoms with Crippen LogP contribution in [0.2, 0.25) is 0 Å². The lowest BCUT2D eigenvalue weighted by Gasteiger charge is -2.22. The minimum absolute atomic E-state index is 0.127. The molecule has 0 radical (unpaired) electrons. The zero-order valence-electron chi connectivity index (χ0n) is 13.9. The van der Waals surface area contributed by atoms with Crippen molar-refractivity contribution in [2.75, 3.05) is 6.54 Å². The number of carbonyl (C=O) groups is 1. The Morgan fingerprint density at radius 1 is 1.33 bits per heavy atom. The van der Waals surface area contributed by atoms with Crippen molar-refractivity contribution in [1.29, 1.82) is 0 Å². The molecular formula is C19H20N2OS2. The van der Waals surface area contributed by atoms with E-state index in [0.717, 1.165) is 41.2 Å².